The number of hydrogen-bond acceptors (Lipinski definition) is 4. The molecular weight excluding hydrogens is 236 g/mol. The summed E-state index contributed by atoms with van der Waals surface area (Å²) in [5.74, 6) is 0. The Bertz CT molecular complexity index is 626. The van der Waals surface area contributed by atoms with E-state index < -0.39 is 0 Å². The molecule has 0 saturated carbocycles. The van der Waals surface area contributed by atoms with Gasteiger partial charge in [0.1, 0.15) is 6.07 Å². The zero-order chi connectivity index (χ0) is 13.8. The molecule has 4 heteroatoms. The molecule has 2 rings (SSSR count). The predicted molar refractivity (Wildman–Crippen MR) is 79.6 cm³/mol. The Morgan fingerprint density at radius 2 is 2.16 bits per heavy atom. The van der Waals surface area contributed by atoms with Crippen LogP contribution in [-0.4, -0.2) is 25.6 Å². The van der Waals surface area contributed by atoms with Gasteiger partial charge in [0.2, 0.25) is 0 Å². The molecule has 1 aromatic heterocycles. The van der Waals surface area contributed by atoms with Gasteiger partial charge in [-0.3, -0.25) is 4.98 Å². The summed E-state index contributed by atoms with van der Waals surface area (Å²) in [5, 5.41) is 13.6. The lowest BCUT2D eigenvalue weighted by molar-refractivity contribution is 0.980. The van der Waals surface area contributed by atoms with Crippen molar-refractivity contribution in [1.82, 2.24) is 4.98 Å². The van der Waals surface area contributed by atoms with Crippen molar-refractivity contribution in [1.29, 1.82) is 5.26 Å². The topological polar surface area (TPSA) is 52.0 Å². The Morgan fingerprint density at radius 3 is 2.79 bits per heavy atom. The number of nitrogens with one attached hydrogen (secondary N) is 1. The molecule has 0 aliphatic carbocycles. The molecule has 0 saturated heterocycles. The molecule has 4 nitrogen and oxygen atoms in total. The molecule has 0 aliphatic heterocycles. The average molecular weight is 254 g/mol. The third kappa shape index (κ3) is 2.60. The minimum Gasteiger partial charge on any atom is -0.383 e. The lowest BCUT2D eigenvalue weighted by atomic mass is 10.1. The Labute approximate surface area is 113 Å². The highest BCUT2D eigenvalue weighted by atomic mass is 15.1. The van der Waals surface area contributed by atoms with Crippen molar-refractivity contribution in [3.8, 4) is 6.07 Å². The fourth-order valence-electron chi connectivity index (χ4n) is 1.98. The Balaban J connectivity index is 2.63. The Hall–Kier alpha value is -2.28. The maximum atomic E-state index is 9.22. The minimum atomic E-state index is 0.594. The van der Waals surface area contributed by atoms with Gasteiger partial charge in [-0.05, 0) is 24.6 Å². The molecule has 0 unspecified atom stereocenters. The van der Waals surface area contributed by atoms with E-state index in [1.165, 1.54) is 0 Å². The number of benzene rings is 1. The summed E-state index contributed by atoms with van der Waals surface area (Å²) in [6, 6.07) is 8.30. The molecule has 98 valence electrons. The molecule has 1 N–H and O–H groups in total. The van der Waals surface area contributed by atoms with E-state index >= 15 is 0 Å². The number of nitriles is 1. The fraction of sp³-hybridized carbons (Fsp3) is 0.333. The first-order chi connectivity index (χ1) is 9.17. The van der Waals surface area contributed by atoms with Crippen LogP contribution in [0.4, 0.5) is 11.4 Å². The predicted octanol–water partition coefficient (Wildman–Crippen LogP) is 2.99. The second kappa shape index (κ2) is 5.57. The number of pyridine rings is 1. The van der Waals surface area contributed by atoms with Crippen LogP contribution in [0.3, 0.4) is 0 Å². The highest BCUT2D eigenvalue weighted by Gasteiger charge is 2.09. The molecule has 1 aromatic carbocycles. The number of fused-ring (bicyclic) bond motifs is 1. The van der Waals surface area contributed by atoms with Crippen molar-refractivity contribution in [2.24, 2.45) is 0 Å². The lowest BCUT2D eigenvalue weighted by Crippen LogP contribution is -2.09. The lowest BCUT2D eigenvalue weighted by Gasteiger charge is -2.15. The number of nitrogens with zero attached hydrogens (tertiary/aromatic N) is 3. The fourth-order valence-corrected chi connectivity index (χ4v) is 1.98. The molecule has 0 bridgehead atoms. The van der Waals surface area contributed by atoms with E-state index in [1.807, 2.05) is 31.1 Å². The van der Waals surface area contributed by atoms with E-state index in [9.17, 15) is 5.26 Å². The number of rotatable bonds is 4. The minimum absolute atomic E-state index is 0.594. The summed E-state index contributed by atoms with van der Waals surface area (Å²) in [7, 11) is 4.00. The molecule has 1 heterocycles. The second-order valence-electron chi connectivity index (χ2n) is 4.68. The van der Waals surface area contributed by atoms with Crippen LogP contribution in [0.15, 0.2) is 24.4 Å². The van der Waals surface area contributed by atoms with Crippen molar-refractivity contribution >= 4 is 22.3 Å². The number of aromatic nitrogens is 1. The van der Waals surface area contributed by atoms with Gasteiger partial charge in [-0.25, -0.2) is 0 Å². The second-order valence-corrected chi connectivity index (χ2v) is 4.68. The number of anilines is 2. The molecular formula is C15H18N4. The molecule has 0 aliphatic rings. The molecule has 2 aromatic rings. The Morgan fingerprint density at radius 1 is 1.37 bits per heavy atom. The van der Waals surface area contributed by atoms with Gasteiger partial charge in [0.15, 0.2) is 0 Å². The van der Waals surface area contributed by atoms with E-state index in [4.69, 9.17) is 0 Å². The first kappa shape index (κ1) is 13.2. The highest BCUT2D eigenvalue weighted by molar-refractivity contribution is 5.96. The van der Waals surface area contributed by atoms with Crippen molar-refractivity contribution < 1.29 is 0 Å². The summed E-state index contributed by atoms with van der Waals surface area (Å²) >= 11 is 0. The summed E-state index contributed by atoms with van der Waals surface area (Å²) in [6.45, 7) is 2.95. The third-order valence-corrected chi connectivity index (χ3v) is 3.04. The van der Waals surface area contributed by atoms with Crippen LogP contribution in [0.25, 0.3) is 10.9 Å². The van der Waals surface area contributed by atoms with Crippen LogP contribution in [0.2, 0.25) is 0 Å². The maximum Gasteiger partial charge on any atom is 0.103 e. The molecule has 0 amide bonds. The van der Waals surface area contributed by atoms with Gasteiger partial charge in [-0.15, -0.1) is 0 Å². The summed E-state index contributed by atoms with van der Waals surface area (Å²) in [4.78, 5) is 6.38. The zero-order valence-electron chi connectivity index (χ0n) is 11.6. The van der Waals surface area contributed by atoms with E-state index in [0.29, 0.717) is 5.56 Å². The average Bonchev–Trinajstić information content (AvgIpc) is 2.43. The van der Waals surface area contributed by atoms with Gasteiger partial charge in [-0.2, -0.15) is 5.26 Å². The zero-order valence-corrected chi connectivity index (χ0v) is 11.6. The van der Waals surface area contributed by atoms with Crippen LogP contribution < -0.4 is 10.2 Å². The smallest absolute Gasteiger partial charge is 0.103 e. The number of hydrogen-bond donors (Lipinski definition) is 1. The van der Waals surface area contributed by atoms with Crippen molar-refractivity contribution in [2.45, 2.75) is 13.3 Å². The molecule has 0 radical (unpaired) electrons. The van der Waals surface area contributed by atoms with Crippen molar-refractivity contribution in [2.75, 3.05) is 30.9 Å². The summed E-state index contributed by atoms with van der Waals surface area (Å²) in [6.07, 6.45) is 2.65. The van der Waals surface area contributed by atoms with Crippen LogP contribution >= 0.6 is 0 Å². The third-order valence-electron chi connectivity index (χ3n) is 3.04. The molecule has 19 heavy (non-hydrogen) atoms. The Kier molecular flexibility index (Phi) is 3.86. The molecule has 0 fully saturated rings. The van der Waals surface area contributed by atoms with Crippen LogP contribution in [0, 0.1) is 11.3 Å². The van der Waals surface area contributed by atoms with Gasteiger partial charge in [-0.1, -0.05) is 6.92 Å². The van der Waals surface area contributed by atoms with Gasteiger partial charge in [0.25, 0.3) is 0 Å². The van der Waals surface area contributed by atoms with E-state index in [2.05, 4.69) is 29.4 Å². The maximum absolute atomic E-state index is 9.22. The SMILES string of the molecule is CCCNc1c(C#N)cnc2ccc(N(C)C)cc12. The van der Waals surface area contributed by atoms with Crippen LogP contribution in [-0.2, 0) is 0 Å². The van der Waals surface area contributed by atoms with Gasteiger partial charge in [0.05, 0.1) is 16.8 Å². The van der Waals surface area contributed by atoms with E-state index in [-0.39, 0.29) is 0 Å². The van der Waals surface area contributed by atoms with Crippen molar-refractivity contribution in [3.05, 3.63) is 30.0 Å². The molecule has 0 spiro atoms. The quantitative estimate of drug-likeness (QED) is 0.911. The normalized spacial score (nSPS) is 10.2. The van der Waals surface area contributed by atoms with Crippen LogP contribution in [0.1, 0.15) is 18.9 Å². The summed E-state index contributed by atoms with van der Waals surface area (Å²) < 4.78 is 0. The largest absolute Gasteiger partial charge is 0.383 e. The van der Waals surface area contributed by atoms with Gasteiger partial charge < -0.3 is 10.2 Å². The first-order valence-electron chi connectivity index (χ1n) is 6.41. The van der Waals surface area contributed by atoms with Crippen molar-refractivity contribution in [3.63, 3.8) is 0 Å². The summed E-state index contributed by atoms with van der Waals surface area (Å²) in [5.41, 5.74) is 3.49. The first-order valence-corrected chi connectivity index (χ1v) is 6.41. The van der Waals surface area contributed by atoms with E-state index in [1.54, 1.807) is 6.20 Å². The highest BCUT2D eigenvalue weighted by Crippen LogP contribution is 2.28. The standard InChI is InChI=1S/C15H18N4/c1-4-7-17-15-11(9-16)10-18-14-6-5-12(19(2)3)8-13(14)15/h5-6,8,10H,4,7H2,1-3H3,(H,17,18). The van der Waals surface area contributed by atoms with E-state index in [0.717, 1.165) is 35.2 Å². The molecule has 0 atom stereocenters. The van der Waals surface area contributed by atoms with Gasteiger partial charge >= 0.3 is 0 Å². The van der Waals surface area contributed by atoms with Gasteiger partial charge in [0, 0.05) is 37.9 Å². The monoisotopic (exact) mass is 254 g/mol. The van der Waals surface area contributed by atoms with Crippen LogP contribution in [0.5, 0.6) is 0 Å².